The Morgan fingerprint density at radius 2 is 1.84 bits per heavy atom. The SMILES string of the molecule is CC(=O)Nc1cc(C(=O)NCCCCCCN)ccc1C(=O)Nc1nc(C)c([N+](=O)[O-])s1. The van der Waals surface area contributed by atoms with Crippen molar-refractivity contribution in [2.75, 3.05) is 23.7 Å². The average molecular weight is 463 g/mol. The molecule has 1 aromatic heterocycles. The van der Waals surface area contributed by atoms with Gasteiger partial charge in [0.15, 0.2) is 5.13 Å². The van der Waals surface area contributed by atoms with Crippen molar-refractivity contribution in [3.05, 3.63) is 45.1 Å². The predicted octanol–water partition coefficient (Wildman–Crippen LogP) is 2.82. The molecule has 1 aromatic carbocycles. The largest absolute Gasteiger partial charge is 0.352 e. The molecule has 0 unspecified atom stereocenters. The van der Waals surface area contributed by atoms with Crippen LogP contribution in [0, 0.1) is 17.0 Å². The van der Waals surface area contributed by atoms with Crippen LogP contribution in [0.5, 0.6) is 0 Å². The van der Waals surface area contributed by atoms with Crippen molar-refractivity contribution in [2.24, 2.45) is 5.73 Å². The van der Waals surface area contributed by atoms with Gasteiger partial charge >= 0.3 is 5.00 Å². The van der Waals surface area contributed by atoms with Gasteiger partial charge in [0.05, 0.1) is 16.2 Å². The summed E-state index contributed by atoms with van der Waals surface area (Å²) in [5.74, 6) is -1.37. The van der Waals surface area contributed by atoms with Crippen LogP contribution in [0.25, 0.3) is 0 Å². The van der Waals surface area contributed by atoms with Gasteiger partial charge in [0.1, 0.15) is 5.69 Å². The third-order valence-corrected chi connectivity index (χ3v) is 5.44. The molecule has 0 aliphatic rings. The number of benzene rings is 1. The first-order chi connectivity index (χ1) is 15.2. The number of rotatable bonds is 11. The zero-order chi connectivity index (χ0) is 23.7. The molecular weight excluding hydrogens is 436 g/mol. The molecule has 0 aliphatic heterocycles. The average Bonchev–Trinajstić information content (AvgIpc) is 3.10. The highest BCUT2D eigenvalue weighted by Gasteiger charge is 2.21. The van der Waals surface area contributed by atoms with E-state index in [1.165, 1.54) is 32.0 Å². The minimum absolute atomic E-state index is 0.0597. The van der Waals surface area contributed by atoms with E-state index in [1.807, 2.05) is 0 Å². The van der Waals surface area contributed by atoms with Gasteiger partial charge in [-0.1, -0.05) is 12.8 Å². The first-order valence-corrected chi connectivity index (χ1v) is 10.9. The fourth-order valence-corrected chi connectivity index (χ4v) is 3.66. The minimum Gasteiger partial charge on any atom is -0.352 e. The van der Waals surface area contributed by atoms with E-state index in [1.54, 1.807) is 0 Å². The fraction of sp³-hybridized carbons (Fsp3) is 0.400. The number of nitrogens with one attached hydrogen (secondary N) is 3. The minimum atomic E-state index is -0.621. The van der Waals surface area contributed by atoms with Crippen LogP contribution >= 0.6 is 11.3 Å². The molecule has 5 N–H and O–H groups in total. The highest BCUT2D eigenvalue weighted by Crippen LogP contribution is 2.30. The lowest BCUT2D eigenvalue weighted by Gasteiger charge is -2.12. The summed E-state index contributed by atoms with van der Waals surface area (Å²) in [7, 11) is 0. The molecule has 11 nitrogen and oxygen atoms in total. The first kappa shape index (κ1) is 24.9. The van der Waals surface area contributed by atoms with Crippen LogP contribution in [-0.4, -0.2) is 40.7 Å². The van der Waals surface area contributed by atoms with Crippen LogP contribution in [0.15, 0.2) is 18.2 Å². The number of nitrogens with two attached hydrogens (primary N) is 1. The number of nitrogens with zero attached hydrogens (tertiary/aromatic N) is 2. The molecule has 0 bridgehead atoms. The maximum absolute atomic E-state index is 12.7. The van der Waals surface area contributed by atoms with Crippen LogP contribution in [-0.2, 0) is 4.79 Å². The quantitative estimate of drug-likeness (QED) is 0.226. The molecule has 0 aliphatic carbocycles. The summed E-state index contributed by atoms with van der Waals surface area (Å²) in [4.78, 5) is 51.1. The van der Waals surface area contributed by atoms with E-state index in [9.17, 15) is 24.5 Å². The Bertz CT molecular complexity index is 1010. The van der Waals surface area contributed by atoms with Gasteiger partial charge in [0.2, 0.25) is 5.91 Å². The third-order valence-electron chi connectivity index (χ3n) is 4.41. The predicted molar refractivity (Wildman–Crippen MR) is 122 cm³/mol. The number of nitro groups is 1. The molecule has 3 amide bonds. The Labute approximate surface area is 188 Å². The van der Waals surface area contributed by atoms with Crippen LogP contribution < -0.4 is 21.7 Å². The van der Waals surface area contributed by atoms with E-state index in [0.29, 0.717) is 13.1 Å². The molecule has 32 heavy (non-hydrogen) atoms. The lowest BCUT2D eigenvalue weighted by molar-refractivity contribution is -0.380. The van der Waals surface area contributed by atoms with Crippen LogP contribution in [0.4, 0.5) is 15.8 Å². The molecule has 0 saturated heterocycles. The number of hydrogen-bond acceptors (Lipinski definition) is 8. The van der Waals surface area contributed by atoms with Crippen molar-refractivity contribution in [3.8, 4) is 0 Å². The van der Waals surface area contributed by atoms with E-state index in [2.05, 4.69) is 20.9 Å². The monoisotopic (exact) mass is 462 g/mol. The van der Waals surface area contributed by atoms with Crippen molar-refractivity contribution in [3.63, 3.8) is 0 Å². The lowest BCUT2D eigenvalue weighted by atomic mass is 10.1. The normalized spacial score (nSPS) is 10.5. The molecule has 0 atom stereocenters. The maximum atomic E-state index is 12.7. The van der Waals surface area contributed by atoms with Crippen molar-refractivity contribution in [2.45, 2.75) is 39.5 Å². The third kappa shape index (κ3) is 7.10. The van der Waals surface area contributed by atoms with E-state index in [-0.39, 0.29) is 38.5 Å². The first-order valence-electron chi connectivity index (χ1n) is 10.1. The topological polar surface area (TPSA) is 169 Å². The number of thiazole rings is 1. The van der Waals surface area contributed by atoms with E-state index < -0.39 is 16.7 Å². The number of carbonyl (C=O) groups is 3. The molecule has 0 saturated carbocycles. The molecule has 0 radical (unpaired) electrons. The van der Waals surface area contributed by atoms with Gasteiger partial charge in [-0.05, 0) is 55.8 Å². The second-order valence-electron chi connectivity index (χ2n) is 7.02. The molecular formula is C20H26N6O5S. The summed E-state index contributed by atoms with van der Waals surface area (Å²) in [5.41, 5.74) is 6.17. The second kappa shape index (κ2) is 11.9. The fourth-order valence-electron chi connectivity index (χ4n) is 2.88. The number of unbranched alkanes of at least 4 members (excludes halogenated alkanes) is 3. The number of aryl methyl sites for hydroxylation is 1. The highest BCUT2D eigenvalue weighted by molar-refractivity contribution is 7.19. The Hall–Kier alpha value is -3.38. The number of aromatic nitrogens is 1. The molecule has 0 fully saturated rings. The highest BCUT2D eigenvalue weighted by atomic mass is 32.1. The van der Waals surface area contributed by atoms with Gasteiger partial charge in [-0.3, -0.25) is 29.8 Å². The van der Waals surface area contributed by atoms with Crippen molar-refractivity contribution < 1.29 is 19.3 Å². The van der Waals surface area contributed by atoms with Gasteiger partial charge in [-0.25, -0.2) is 4.98 Å². The smallest absolute Gasteiger partial charge is 0.348 e. The van der Waals surface area contributed by atoms with Crippen LogP contribution in [0.2, 0.25) is 0 Å². The number of anilines is 2. The Kier molecular flexibility index (Phi) is 9.22. The molecule has 172 valence electrons. The Morgan fingerprint density at radius 1 is 1.12 bits per heavy atom. The summed E-state index contributed by atoms with van der Waals surface area (Å²) in [5, 5.41) is 18.7. The Morgan fingerprint density at radius 3 is 2.47 bits per heavy atom. The van der Waals surface area contributed by atoms with Gasteiger partial charge in [-0.15, -0.1) is 0 Å². The summed E-state index contributed by atoms with van der Waals surface area (Å²) in [6.45, 7) is 3.91. The summed E-state index contributed by atoms with van der Waals surface area (Å²) in [6, 6.07) is 4.29. The molecule has 12 heteroatoms. The van der Waals surface area contributed by atoms with Gasteiger partial charge in [0.25, 0.3) is 11.8 Å². The summed E-state index contributed by atoms with van der Waals surface area (Å²) < 4.78 is 0. The van der Waals surface area contributed by atoms with Crippen molar-refractivity contribution in [1.29, 1.82) is 0 Å². The zero-order valence-electron chi connectivity index (χ0n) is 17.9. The molecule has 1 heterocycles. The van der Waals surface area contributed by atoms with Gasteiger partial charge in [-0.2, -0.15) is 0 Å². The number of carbonyl (C=O) groups excluding carboxylic acids is 3. The zero-order valence-corrected chi connectivity index (χ0v) is 18.7. The van der Waals surface area contributed by atoms with Crippen LogP contribution in [0.3, 0.4) is 0 Å². The van der Waals surface area contributed by atoms with Crippen LogP contribution in [0.1, 0.15) is 59.0 Å². The maximum Gasteiger partial charge on any atom is 0.348 e. The van der Waals surface area contributed by atoms with E-state index >= 15 is 0 Å². The summed E-state index contributed by atoms with van der Waals surface area (Å²) in [6.07, 6.45) is 3.74. The number of amides is 3. The second-order valence-corrected chi connectivity index (χ2v) is 8.00. The number of hydrogen-bond donors (Lipinski definition) is 4. The van der Waals surface area contributed by atoms with Crippen molar-refractivity contribution in [1.82, 2.24) is 10.3 Å². The Balaban J connectivity index is 2.12. The molecule has 2 aromatic rings. The lowest BCUT2D eigenvalue weighted by Crippen LogP contribution is -2.25. The van der Waals surface area contributed by atoms with Gasteiger partial charge < -0.3 is 16.4 Å². The van der Waals surface area contributed by atoms with E-state index in [0.717, 1.165) is 37.0 Å². The molecule has 0 spiro atoms. The molecule has 2 rings (SSSR count). The standard InChI is InChI=1S/C20H26N6O5S/c1-12-19(26(30)31)32-20(23-12)25-18(29)15-8-7-14(11-16(15)24-13(2)27)17(28)22-10-6-4-3-5-9-21/h7-8,11H,3-6,9-10,21H2,1-2H3,(H,22,28)(H,24,27)(H,23,25,29). The van der Waals surface area contributed by atoms with Gasteiger partial charge in [0, 0.05) is 19.0 Å². The van der Waals surface area contributed by atoms with E-state index in [4.69, 9.17) is 5.73 Å². The summed E-state index contributed by atoms with van der Waals surface area (Å²) >= 11 is 0.734. The van der Waals surface area contributed by atoms with Crippen molar-refractivity contribution >= 4 is 44.9 Å².